The second-order valence-corrected chi connectivity index (χ2v) is 5.36. The maximum absolute atomic E-state index is 4.69. The van der Waals surface area contributed by atoms with E-state index in [0.717, 1.165) is 6.54 Å². The Kier molecular flexibility index (Phi) is 1.86. The first-order chi connectivity index (χ1) is 8.34. The van der Waals surface area contributed by atoms with Crippen molar-refractivity contribution in [3.63, 3.8) is 0 Å². The standard InChI is InChI=1S/C15H16N2/c1-10-5-6-14-12(9-10)11-3-2-4-13-15(11)17(14)8-7-16-13/h5-7,9,13H,2-4,8H2,1H3/p+1. The molecular weight excluding hydrogens is 208 g/mol. The van der Waals surface area contributed by atoms with Crippen LogP contribution in [0.1, 0.15) is 30.4 Å². The van der Waals surface area contributed by atoms with E-state index in [1.165, 1.54) is 36.1 Å². The third-order valence-corrected chi connectivity index (χ3v) is 4.29. The molecule has 1 aromatic carbocycles. The molecule has 2 atom stereocenters. The largest absolute Gasteiger partial charge is 0.278 e. The fraction of sp³-hybridized carbons (Fsp3) is 0.400. The summed E-state index contributed by atoms with van der Waals surface area (Å²) < 4.78 is 0. The minimum Gasteiger partial charge on any atom is -0.278 e. The highest BCUT2D eigenvalue weighted by molar-refractivity contribution is 5.81. The summed E-state index contributed by atoms with van der Waals surface area (Å²) in [5.41, 5.74) is 7.55. The van der Waals surface area contributed by atoms with Crippen molar-refractivity contribution >= 4 is 17.5 Å². The molecule has 2 nitrogen and oxygen atoms in total. The van der Waals surface area contributed by atoms with Crippen molar-refractivity contribution in [2.75, 3.05) is 6.54 Å². The van der Waals surface area contributed by atoms with Gasteiger partial charge in [-0.25, -0.2) is 0 Å². The number of hydrogen-bond donors (Lipinski definition) is 1. The van der Waals surface area contributed by atoms with Gasteiger partial charge in [0.25, 0.3) is 0 Å². The molecular formula is C15H17N2+. The Morgan fingerprint density at radius 3 is 3.24 bits per heavy atom. The molecule has 17 heavy (non-hydrogen) atoms. The quantitative estimate of drug-likeness (QED) is 0.694. The van der Waals surface area contributed by atoms with Crippen LogP contribution in [-0.4, -0.2) is 18.8 Å². The summed E-state index contributed by atoms with van der Waals surface area (Å²) in [6.07, 6.45) is 5.91. The first-order valence-corrected chi connectivity index (χ1v) is 6.57. The molecule has 0 spiro atoms. The van der Waals surface area contributed by atoms with Gasteiger partial charge in [0.1, 0.15) is 24.0 Å². The van der Waals surface area contributed by atoms with Gasteiger partial charge in [0.05, 0.1) is 6.21 Å². The predicted molar refractivity (Wildman–Crippen MR) is 69.7 cm³/mol. The van der Waals surface area contributed by atoms with Crippen molar-refractivity contribution in [2.45, 2.75) is 32.2 Å². The molecule has 2 heterocycles. The highest BCUT2D eigenvalue weighted by Crippen LogP contribution is 2.39. The number of allylic oxidation sites excluding steroid dienone is 1. The van der Waals surface area contributed by atoms with Crippen molar-refractivity contribution < 1.29 is 4.90 Å². The molecule has 2 aliphatic heterocycles. The van der Waals surface area contributed by atoms with Crippen LogP contribution >= 0.6 is 0 Å². The van der Waals surface area contributed by atoms with Gasteiger partial charge >= 0.3 is 0 Å². The molecule has 2 unspecified atom stereocenters. The number of nitrogens with zero attached hydrogens (tertiary/aromatic N) is 1. The second kappa shape index (κ2) is 3.30. The van der Waals surface area contributed by atoms with Gasteiger partial charge in [-0.3, -0.25) is 9.89 Å². The zero-order valence-corrected chi connectivity index (χ0v) is 10.2. The van der Waals surface area contributed by atoms with Crippen molar-refractivity contribution in [2.24, 2.45) is 4.99 Å². The van der Waals surface area contributed by atoms with Crippen LogP contribution in [0.25, 0.3) is 5.57 Å². The van der Waals surface area contributed by atoms with Crippen LogP contribution in [0, 0.1) is 6.92 Å². The van der Waals surface area contributed by atoms with E-state index in [1.807, 2.05) is 0 Å². The average molecular weight is 225 g/mol. The van der Waals surface area contributed by atoms with E-state index in [-0.39, 0.29) is 0 Å². The highest BCUT2D eigenvalue weighted by atomic mass is 15.2. The fourth-order valence-corrected chi connectivity index (χ4v) is 3.57. The molecule has 0 amide bonds. The van der Waals surface area contributed by atoms with Crippen LogP contribution < -0.4 is 4.90 Å². The lowest BCUT2D eigenvalue weighted by Gasteiger charge is -2.27. The highest BCUT2D eigenvalue weighted by Gasteiger charge is 2.41. The number of aryl methyl sites for hydroxylation is 1. The van der Waals surface area contributed by atoms with Crippen molar-refractivity contribution in [3.8, 4) is 0 Å². The Labute approximate surface area is 102 Å². The number of hydrogen-bond acceptors (Lipinski definition) is 1. The van der Waals surface area contributed by atoms with Gasteiger partial charge in [-0.2, -0.15) is 0 Å². The van der Waals surface area contributed by atoms with Gasteiger partial charge in [0.2, 0.25) is 0 Å². The lowest BCUT2D eigenvalue weighted by molar-refractivity contribution is -0.779. The Hall–Kier alpha value is -1.41. The molecule has 4 rings (SSSR count). The normalized spacial score (nSPS) is 29.2. The van der Waals surface area contributed by atoms with Gasteiger partial charge in [0.15, 0.2) is 0 Å². The van der Waals surface area contributed by atoms with Crippen molar-refractivity contribution in [1.82, 2.24) is 0 Å². The summed E-state index contributed by atoms with van der Waals surface area (Å²) in [5, 5.41) is 0. The van der Waals surface area contributed by atoms with Crippen LogP contribution in [0.3, 0.4) is 0 Å². The zero-order valence-electron chi connectivity index (χ0n) is 10.2. The maximum atomic E-state index is 4.69. The number of fused-ring (bicyclic) bond motifs is 3. The number of nitrogens with one attached hydrogen (secondary N) is 1. The van der Waals surface area contributed by atoms with Gasteiger partial charge in [-0.15, -0.1) is 0 Å². The van der Waals surface area contributed by atoms with E-state index in [0.29, 0.717) is 6.04 Å². The monoisotopic (exact) mass is 225 g/mol. The third kappa shape index (κ3) is 1.22. The minimum atomic E-state index is 0.468. The molecule has 0 fully saturated rings. The van der Waals surface area contributed by atoms with E-state index in [9.17, 15) is 0 Å². The van der Waals surface area contributed by atoms with E-state index in [2.05, 4.69) is 31.3 Å². The van der Waals surface area contributed by atoms with Gasteiger partial charge in [-0.05, 0) is 32.3 Å². The molecule has 0 bridgehead atoms. The molecule has 86 valence electrons. The lowest BCUT2D eigenvalue weighted by Crippen LogP contribution is -3.06. The van der Waals surface area contributed by atoms with E-state index in [1.54, 1.807) is 16.2 Å². The van der Waals surface area contributed by atoms with E-state index >= 15 is 0 Å². The lowest BCUT2D eigenvalue weighted by atomic mass is 9.89. The number of aliphatic imine (C=N–C) groups is 1. The Bertz CT molecular complexity index is 554. The summed E-state index contributed by atoms with van der Waals surface area (Å²) in [7, 11) is 0. The topological polar surface area (TPSA) is 16.8 Å². The molecule has 3 aliphatic rings. The number of benzene rings is 1. The Morgan fingerprint density at radius 1 is 1.35 bits per heavy atom. The fourth-order valence-electron chi connectivity index (χ4n) is 3.57. The van der Waals surface area contributed by atoms with Crippen LogP contribution in [0.2, 0.25) is 0 Å². The Balaban J connectivity index is 1.97. The van der Waals surface area contributed by atoms with Crippen molar-refractivity contribution in [3.05, 3.63) is 35.0 Å². The average Bonchev–Trinajstić information content (AvgIpc) is 2.67. The number of rotatable bonds is 0. The van der Waals surface area contributed by atoms with Crippen LogP contribution in [-0.2, 0) is 0 Å². The van der Waals surface area contributed by atoms with Crippen LogP contribution in [0.5, 0.6) is 0 Å². The molecule has 2 heteroatoms. The van der Waals surface area contributed by atoms with Crippen LogP contribution in [0.15, 0.2) is 28.9 Å². The molecule has 0 saturated heterocycles. The summed E-state index contributed by atoms with van der Waals surface area (Å²) in [5.74, 6) is 0. The van der Waals surface area contributed by atoms with E-state index < -0.39 is 0 Å². The summed E-state index contributed by atoms with van der Waals surface area (Å²) in [6, 6.07) is 7.39. The van der Waals surface area contributed by atoms with E-state index in [4.69, 9.17) is 4.99 Å². The first-order valence-electron chi connectivity index (χ1n) is 6.57. The molecule has 1 aromatic rings. The smallest absolute Gasteiger partial charge is 0.144 e. The maximum Gasteiger partial charge on any atom is 0.144 e. The SMILES string of the molecule is Cc1ccc2c(c1)C1=C3C(CCC1)N=CC[NH+]32. The third-order valence-electron chi connectivity index (χ3n) is 4.29. The predicted octanol–water partition coefficient (Wildman–Crippen LogP) is 1.87. The molecule has 0 saturated carbocycles. The Morgan fingerprint density at radius 2 is 2.29 bits per heavy atom. The zero-order chi connectivity index (χ0) is 11.4. The minimum absolute atomic E-state index is 0.468. The molecule has 1 aliphatic carbocycles. The van der Waals surface area contributed by atoms with Gasteiger partial charge in [0, 0.05) is 17.2 Å². The number of quaternary nitrogens is 1. The van der Waals surface area contributed by atoms with Crippen molar-refractivity contribution in [1.29, 1.82) is 0 Å². The molecule has 1 N–H and O–H groups in total. The van der Waals surface area contributed by atoms with Gasteiger partial charge in [-0.1, -0.05) is 11.6 Å². The second-order valence-electron chi connectivity index (χ2n) is 5.36. The molecule has 0 aromatic heterocycles. The van der Waals surface area contributed by atoms with Gasteiger partial charge < -0.3 is 0 Å². The van der Waals surface area contributed by atoms with Crippen LogP contribution in [0.4, 0.5) is 5.69 Å². The summed E-state index contributed by atoms with van der Waals surface area (Å²) in [4.78, 5) is 6.26. The molecule has 0 radical (unpaired) electrons. The first kappa shape index (κ1) is 9.60. The summed E-state index contributed by atoms with van der Waals surface area (Å²) >= 11 is 0. The summed E-state index contributed by atoms with van der Waals surface area (Å²) in [6.45, 7) is 3.22.